The first-order valence-electron chi connectivity index (χ1n) is 3.82. The minimum Gasteiger partial charge on any atom is -0.549 e. The fourth-order valence-electron chi connectivity index (χ4n) is 0.959. The van der Waals surface area contributed by atoms with Crippen LogP contribution in [0.4, 0.5) is 0 Å². The highest BCUT2D eigenvalue weighted by atomic mass is 31.2. The summed E-state index contributed by atoms with van der Waals surface area (Å²) in [6.45, 7) is 1.68. The number of hydrogen-bond donors (Lipinski definition) is 2. The second-order valence-corrected chi connectivity index (χ2v) is 4.34. The molecule has 0 fully saturated rings. The van der Waals surface area contributed by atoms with Crippen molar-refractivity contribution < 1.29 is 24.3 Å². The number of rotatable bonds is 6. The Labute approximate surface area is 76.3 Å². The molecule has 2 N–H and O–H groups in total. The molecule has 7 heteroatoms. The molecule has 0 saturated carbocycles. The van der Waals surface area contributed by atoms with Gasteiger partial charge in [0, 0.05) is 6.54 Å². The van der Waals surface area contributed by atoms with Crippen LogP contribution in [0.1, 0.15) is 13.3 Å². The molecule has 0 aliphatic rings. The fraction of sp³-hybridized carbons (Fsp3) is 0.833. The highest BCUT2D eigenvalue weighted by Crippen LogP contribution is 2.34. The largest absolute Gasteiger partial charge is 0.549 e. The topological polar surface area (TPSA) is 101 Å². The zero-order valence-electron chi connectivity index (χ0n) is 7.34. The van der Waals surface area contributed by atoms with Gasteiger partial charge in [-0.15, -0.1) is 0 Å². The molecule has 78 valence electrons. The van der Waals surface area contributed by atoms with Gasteiger partial charge < -0.3 is 19.7 Å². The van der Waals surface area contributed by atoms with E-state index in [9.17, 15) is 14.5 Å². The molecule has 0 aromatic heterocycles. The van der Waals surface area contributed by atoms with E-state index < -0.39 is 26.4 Å². The lowest BCUT2D eigenvalue weighted by Crippen LogP contribution is -2.38. The molecule has 0 aliphatic heterocycles. The van der Waals surface area contributed by atoms with Crippen LogP contribution in [0.25, 0.3) is 0 Å². The standard InChI is InChI=1S/C6H14NO5P/c1-2-3-7(4-6(8)9)5-13(10,11)12/h2-5H2,1H3,(H,8,9)(H2,10,11,12)/p-1. The van der Waals surface area contributed by atoms with Crippen molar-refractivity contribution in [3.63, 3.8) is 0 Å². The van der Waals surface area contributed by atoms with Gasteiger partial charge in [-0.05, 0) is 13.0 Å². The van der Waals surface area contributed by atoms with Gasteiger partial charge in [-0.3, -0.25) is 9.46 Å². The predicted molar refractivity (Wildman–Crippen MR) is 43.8 cm³/mol. The number of carboxylic acids is 1. The lowest BCUT2D eigenvalue weighted by atomic mass is 10.4. The smallest absolute Gasteiger partial charge is 0.339 e. The van der Waals surface area contributed by atoms with Gasteiger partial charge in [0.25, 0.3) is 0 Å². The number of carbonyl (C=O) groups excluding carboxylic acids is 1. The first-order chi connectivity index (χ1) is 5.85. The third-order valence-corrected chi connectivity index (χ3v) is 2.05. The number of hydrogen-bond acceptors (Lipinski definition) is 4. The average molecular weight is 210 g/mol. The zero-order valence-corrected chi connectivity index (χ0v) is 8.24. The van der Waals surface area contributed by atoms with Crippen molar-refractivity contribution in [2.45, 2.75) is 13.3 Å². The summed E-state index contributed by atoms with van der Waals surface area (Å²) in [4.78, 5) is 28.5. The third kappa shape index (κ3) is 7.93. The minimum atomic E-state index is -4.17. The summed E-state index contributed by atoms with van der Waals surface area (Å²) < 4.78 is 10.5. The predicted octanol–water partition coefficient (Wildman–Crippen LogP) is -1.42. The Bertz CT molecular complexity index is 213. The van der Waals surface area contributed by atoms with E-state index in [1.54, 1.807) is 6.92 Å². The van der Waals surface area contributed by atoms with Crippen molar-refractivity contribution in [3.8, 4) is 0 Å². The molecule has 0 radical (unpaired) electrons. The summed E-state index contributed by atoms with van der Waals surface area (Å²) in [5, 5.41) is 10.2. The summed E-state index contributed by atoms with van der Waals surface area (Å²) in [6, 6.07) is 0. The van der Waals surface area contributed by atoms with Gasteiger partial charge in [0.2, 0.25) is 0 Å². The van der Waals surface area contributed by atoms with Crippen LogP contribution in [-0.2, 0) is 9.36 Å². The van der Waals surface area contributed by atoms with Crippen molar-refractivity contribution in [1.82, 2.24) is 4.90 Å². The summed E-state index contributed by atoms with van der Waals surface area (Å²) in [6.07, 6.45) is 0.0993. The van der Waals surface area contributed by atoms with Gasteiger partial charge in [0.15, 0.2) is 0 Å². The molecular formula is C6H13NO5P-. The first-order valence-corrected chi connectivity index (χ1v) is 5.61. The second-order valence-electron chi connectivity index (χ2n) is 2.73. The Balaban J connectivity index is 4.09. The van der Waals surface area contributed by atoms with Crippen LogP contribution in [0.2, 0.25) is 0 Å². The lowest BCUT2D eigenvalue weighted by molar-refractivity contribution is -0.306. The Morgan fingerprint density at radius 2 is 2.08 bits per heavy atom. The maximum atomic E-state index is 10.5. The number of nitrogens with zero attached hydrogens (tertiary/aromatic N) is 1. The van der Waals surface area contributed by atoms with E-state index in [1.165, 1.54) is 0 Å². The Morgan fingerprint density at radius 3 is 2.38 bits per heavy atom. The molecule has 0 heterocycles. The maximum absolute atomic E-state index is 10.5. The Hall–Kier alpha value is -0.420. The van der Waals surface area contributed by atoms with Crippen LogP contribution in [-0.4, -0.2) is 40.0 Å². The van der Waals surface area contributed by atoms with Gasteiger partial charge in [-0.2, -0.15) is 0 Å². The van der Waals surface area contributed by atoms with Gasteiger partial charge in [0.1, 0.15) is 6.29 Å². The van der Waals surface area contributed by atoms with Crippen molar-refractivity contribution in [1.29, 1.82) is 0 Å². The lowest BCUT2D eigenvalue weighted by Gasteiger charge is -2.21. The molecule has 13 heavy (non-hydrogen) atoms. The van der Waals surface area contributed by atoms with E-state index in [-0.39, 0.29) is 0 Å². The van der Waals surface area contributed by atoms with Crippen LogP contribution >= 0.6 is 7.60 Å². The third-order valence-electron chi connectivity index (χ3n) is 1.28. The maximum Gasteiger partial charge on any atom is 0.339 e. The van der Waals surface area contributed by atoms with Gasteiger partial charge in [0.05, 0.1) is 5.97 Å². The Kier molecular flexibility index (Phi) is 5.17. The molecule has 0 aromatic carbocycles. The van der Waals surface area contributed by atoms with Crippen LogP contribution in [0.15, 0.2) is 0 Å². The summed E-state index contributed by atoms with van der Waals surface area (Å²) in [5.74, 6) is -1.33. The van der Waals surface area contributed by atoms with Gasteiger partial charge in [-0.25, -0.2) is 0 Å². The van der Waals surface area contributed by atoms with E-state index in [4.69, 9.17) is 9.79 Å². The van der Waals surface area contributed by atoms with Crippen molar-refractivity contribution in [3.05, 3.63) is 0 Å². The van der Waals surface area contributed by atoms with Gasteiger partial charge in [-0.1, -0.05) is 6.92 Å². The summed E-state index contributed by atoms with van der Waals surface area (Å²) in [7, 11) is -4.17. The average Bonchev–Trinajstić information content (AvgIpc) is 1.81. The molecule has 0 rings (SSSR count). The second kappa shape index (κ2) is 5.34. The van der Waals surface area contributed by atoms with Gasteiger partial charge >= 0.3 is 7.60 Å². The van der Waals surface area contributed by atoms with Crippen LogP contribution in [0.5, 0.6) is 0 Å². The normalized spacial score (nSPS) is 12.0. The number of aliphatic carboxylic acids is 1. The van der Waals surface area contributed by atoms with E-state index in [2.05, 4.69) is 0 Å². The highest BCUT2D eigenvalue weighted by Gasteiger charge is 2.18. The zero-order chi connectivity index (χ0) is 10.5. The van der Waals surface area contributed by atoms with E-state index in [0.717, 1.165) is 4.90 Å². The van der Waals surface area contributed by atoms with Crippen LogP contribution in [0, 0.1) is 0 Å². The molecule has 0 atom stereocenters. The van der Waals surface area contributed by atoms with E-state index in [0.29, 0.717) is 13.0 Å². The molecule has 0 bridgehead atoms. The number of carbonyl (C=O) groups is 1. The molecule has 0 aliphatic carbocycles. The molecular weight excluding hydrogens is 197 g/mol. The fourth-order valence-corrected chi connectivity index (χ4v) is 1.72. The minimum absolute atomic E-state index is 0.332. The van der Waals surface area contributed by atoms with Crippen molar-refractivity contribution >= 4 is 13.6 Å². The monoisotopic (exact) mass is 210 g/mol. The quantitative estimate of drug-likeness (QED) is 0.522. The van der Waals surface area contributed by atoms with Crippen molar-refractivity contribution in [2.75, 3.05) is 19.4 Å². The van der Waals surface area contributed by atoms with Crippen LogP contribution < -0.4 is 5.11 Å². The molecule has 0 amide bonds. The number of carboxylic acid groups (broad SMARTS) is 1. The van der Waals surface area contributed by atoms with E-state index >= 15 is 0 Å². The van der Waals surface area contributed by atoms with E-state index in [1.807, 2.05) is 0 Å². The SMILES string of the molecule is CCCN(CC(=O)[O-])CP(=O)(O)O. The Morgan fingerprint density at radius 1 is 1.54 bits per heavy atom. The first kappa shape index (κ1) is 12.6. The van der Waals surface area contributed by atoms with Crippen molar-refractivity contribution in [2.24, 2.45) is 0 Å². The highest BCUT2D eigenvalue weighted by molar-refractivity contribution is 7.51. The molecule has 0 unspecified atom stereocenters. The summed E-state index contributed by atoms with van der Waals surface area (Å²) in [5.41, 5.74) is 0. The molecule has 0 spiro atoms. The molecule has 0 aromatic rings. The molecule has 6 nitrogen and oxygen atoms in total. The molecule has 0 saturated heterocycles. The summed E-state index contributed by atoms with van der Waals surface area (Å²) >= 11 is 0. The van der Waals surface area contributed by atoms with Crippen LogP contribution in [0.3, 0.4) is 0 Å².